The molecule has 2 aromatic rings. The number of benzene rings is 1. The average molecular weight is 516 g/mol. The summed E-state index contributed by atoms with van der Waals surface area (Å²) in [6.07, 6.45) is 3.64. The molecule has 2 unspecified atom stereocenters. The van der Waals surface area contributed by atoms with Crippen molar-refractivity contribution >= 4 is 5.97 Å². The maximum Gasteiger partial charge on any atom is 0.308 e. The summed E-state index contributed by atoms with van der Waals surface area (Å²) >= 11 is 0. The Kier molecular flexibility index (Phi) is 7.65. The van der Waals surface area contributed by atoms with Crippen molar-refractivity contribution in [2.45, 2.75) is 108 Å². The van der Waals surface area contributed by atoms with Gasteiger partial charge in [-0.1, -0.05) is 54.8 Å². The normalized spacial score (nSPS) is 29.1. The van der Waals surface area contributed by atoms with E-state index in [9.17, 15) is 9.90 Å². The van der Waals surface area contributed by atoms with Gasteiger partial charge >= 0.3 is 5.97 Å². The fraction of sp³-hybridized carbons (Fsp3) is 0.667. The van der Waals surface area contributed by atoms with Crippen molar-refractivity contribution < 1.29 is 33.6 Å². The third-order valence-corrected chi connectivity index (χ3v) is 7.38. The number of nitrogens with zero attached hydrogens (tertiary/aromatic N) is 3. The zero-order valence-corrected chi connectivity index (χ0v) is 21.7. The van der Waals surface area contributed by atoms with E-state index in [0.29, 0.717) is 25.1 Å². The number of hydrogen-bond donors (Lipinski definition) is 1. The first-order chi connectivity index (χ1) is 17.8. The molecule has 0 bridgehead atoms. The van der Waals surface area contributed by atoms with Gasteiger partial charge in [0.05, 0.1) is 31.9 Å². The molecule has 1 aliphatic carbocycles. The molecule has 37 heavy (non-hydrogen) atoms. The molecule has 3 fully saturated rings. The minimum Gasteiger partial charge on any atom is -0.466 e. The van der Waals surface area contributed by atoms with Crippen molar-refractivity contribution in [1.29, 1.82) is 0 Å². The molecule has 2 saturated heterocycles. The third kappa shape index (κ3) is 5.73. The molecule has 0 radical (unpaired) electrons. The van der Waals surface area contributed by atoms with Gasteiger partial charge in [0.1, 0.15) is 29.6 Å². The summed E-state index contributed by atoms with van der Waals surface area (Å²) < 4.78 is 31.9. The molecule has 3 aliphatic rings. The summed E-state index contributed by atoms with van der Waals surface area (Å²) in [6, 6.07) is 9.24. The van der Waals surface area contributed by atoms with Gasteiger partial charge in [-0.25, -0.2) is 4.68 Å². The van der Waals surface area contributed by atoms with Crippen LogP contribution in [0, 0.1) is 0 Å². The highest BCUT2D eigenvalue weighted by Crippen LogP contribution is 2.43. The van der Waals surface area contributed by atoms with Crippen molar-refractivity contribution in [3.63, 3.8) is 0 Å². The molecule has 0 amide bonds. The van der Waals surface area contributed by atoms with Crippen LogP contribution in [-0.4, -0.2) is 63.1 Å². The Morgan fingerprint density at radius 1 is 1.19 bits per heavy atom. The van der Waals surface area contributed by atoms with E-state index in [0.717, 1.165) is 24.8 Å². The van der Waals surface area contributed by atoms with Crippen molar-refractivity contribution in [2.75, 3.05) is 6.61 Å². The van der Waals surface area contributed by atoms with Gasteiger partial charge in [0.2, 0.25) is 0 Å². The van der Waals surface area contributed by atoms with Gasteiger partial charge in [0.25, 0.3) is 0 Å². The Bertz CT molecular complexity index is 1050. The second-order valence-corrected chi connectivity index (χ2v) is 10.6. The quantitative estimate of drug-likeness (QED) is 0.502. The summed E-state index contributed by atoms with van der Waals surface area (Å²) in [4.78, 5) is 12.7. The summed E-state index contributed by atoms with van der Waals surface area (Å²) in [6.45, 7) is 6.04. The van der Waals surface area contributed by atoms with Crippen LogP contribution < -0.4 is 0 Å². The van der Waals surface area contributed by atoms with E-state index in [-0.39, 0.29) is 19.0 Å². The van der Waals surface area contributed by atoms with Crippen LogP contribution in [0.1, 0.15) is 76.6 Å². The van der Waals surface area contributed by atoms with Gasteiger partial charge in [-0.05, 0) is 39.2 Å². The van der Waals surface area contributed by atoms with E-state index in [2.05, 4.69) is 10.3 Å². The van der Waals surface area contributed by atoms with Crippen LogP contribution in [0.3, 0.4) is 0 Å². The fourth-order valence-corrected chi connectivity index (χ4v) is 5.57. The second-order valence-electron chi connectivity index (χ2n) is 10.6. The van der Waals surface area contributed by atoms with Crippen molar-refractivity contribution in [2.24, 2.45) is 0 Å². The van der Waals surface area contributed by atoms with Gasteiger partial charge in [-0.15, -0.1) is 5.10 Å². The number of carbonyl (C=O) groups is 1. The highest BCUT2D eigenvalue weighted by Gasteiger charge is 2.58. The first kappa shape index (κ1) is 26.2. The fourth-order valence-electron chi connectivity index (χ4n) is 5.57. The highest BCUT2D eigenvalue weighted by atomic mass is 16.8. The molecule has 2 aliphatic heterocycles. The molecule has 1 aromatic carbocycles. The van der Waals surface area contributed by atoms with Crippen molar-refractivity contribution in [3.05, 3.63) is 47.8 Å². The monoisotopic (exact) mass is 515 g/mol. The van der Waals surface area contributed by atoms with E-state index in [1.54, 1.807) is 17.8 Å². The molecule has 3 heterocycles. The molecular weight excluding hydrogens is 478 g/mol. The Labute approximate surface area is 217 Å². The Balaban J connectivity index is 1.44. The molecule has 5 rings (SSSR count). The number of esters is 1. The topological polar surface area (TPSA) is 114 Å². The SMILES string of the molecule is CCOC(=O)CC(C1O[C@@H]2OC(C)(C)O[C@@H]2[C@H]1OCc1ccccc1)n1cc(C2(O)CCCCC2)nn1. The first-order valence-electron chi connectivity index (χ1n) is 13.2. The van der Waals surface area contributed by atoms with Crippen LogP contribution in [0.25, 0.3) is 0 Å². The number of aliphatic hydroxyl groups is 1. The van der Waals surface area contributed by atoms with Crippen LogP contribution >= 0.6 is 0 Å². The molecular formula is C27H37N3O7. The molecule has 5 atom stereocenters. The number of ether oxygens (including phenoxy) is 5. The lowest BCUT2D eigenvalue weighted by atomic mass is 9.83. The molecule has 10 nitrogen and oxygen atoms in total. The summed E-state index contributed by atoms with van der Waals surface area (Å²) in [5.74, 6) is -1.21. The number of carbonyl (C=O) groups excluding carboxylic acids is 1. The average Bonchev–Trinajstić information content (AvgIpc) is 3.56. The van der Waals surface area contributed by atoms with Crippen molar-refractivity contribution in [1.82, 2.24) is 15.0 Å². The zero-order chi connectivity index (χ0) is 26.0. The van der Waals surface area contributed by atoms with Crippen LogP contribution in [0.15, 0.2) is 36.5 Å². The van der Waals surface area contributed by atoms with Crippen LogP contribution in [0.4, 0.5) is 0 Å². The smallest absolute Gasteiger partial charge is 0.308 e. The van der Waals surface area contributed by atoms with Gasteiger partial charge in [0.15, 0.2) is 12.1 Å². The second kappa shape index (κ2) is 10.8. The van der Waals surface area contributed by atoms with Crippen LogP contribution in [0.2, 0.25) is 0 Å². The van der Waals surface area contributed by atoms with E-state index in [1.807, 2.05) is 44.2 Å². The lowest BCUT2D eigenvalue weighted by Gasteiger charge is -2.31. The van der Waals surface area contributed by atoms with Crippen LogP contribution in [-0.2, 0) is 40.7 Å². The number of fused-ring (bicyclic) bond motifs is 1. The predicted molar refractivity (Wildman–Crippen MR) is 131 cm³/mol. The van der Waals surface area contributed by atoms with Gasteiger partial charge in [-0.3, -0.25) is 4.79 Å². The standard InChI is InChI=1S/C27H37N3O7/c1-4-33-21(31)15-19(30-16-20(28-29-30)27(32)13-9-6-10-14-27)22-23(34-17-18-11-7-5-8-12-18)24-25(35-22)37-26(2,3)36-24/h5,7-8,11-12,16,19,22-25,32H,4,6,9-10,13-15,17H2,1-3H3/t19?,22?,23-,24+,25+/m0/s1. The number of aromatic nitrogens is 3. The highest BCUT2D eigenvalue weighted by molar-refractivity contribution is 5.70. The summed E-state index contributed by atoms with van der Waals surface area (Å²) in [5.41, 5.74) is 0.499. The number of rotatable bonds is 9. The van der Waals surface area contributed by atoms with Gasteiger partial charge < -0.3 is 28.8 Å². The molecule has 0 spiro atoms. The minimum absolute atomic E-state index is 0.00619. The molecule has 10 heteroatoms. The van der Waals surface area contributed by atoms with Crippen molar-refractivity contribution in [3.8, 4) is 0 Å². The molecule has 1 saturated carbocycles. The maximum absolute atomic E-state index is 12.7. The largest absolute Gasteiger partial charge is 0.466 e. The third-order valence-electron chi connectivity index (χ3n) is 7.38. The van der Waals surface area contributed by atoms with Crippen LogP contribution in [0.5, 0.6) is 0 Å². The number of hydrogen-bond acceptors (Lipinski definition) is 9. The Morgan fingerprint density at radius 3 is 2.68 bits per heavy atom. The van der Waals surface area contributed by atoms with Gasteiger partial charge in [0, 0.05) is 0 Å². The van der Waals surface area contributed by atoms with E-state index in [1.165, 1.54) is 0 Å². The van der Waals surface area contributed by atoms with E-state index >= 15 is 0 Å². The van der Waals surface area contributed by atoms with E-state index in [4.69, 9.17) is 23.7 Å². The predicted octanol–water partition coefficient (Wildman–Crippen LogP) is 3.39. The molecule has 1 N–H and O–H groups in total. The Hall–Kier alpha value is -2.37. The summed E-state index contributed by atoms with van der Waals surface area (Å²) in [5, 5.41) is 19.9. The first-order valence-corrected chi connectivity index (χ1v) is 13.2. The van der Waals surface area contributed by atoms with Gasteiger partial charge in [-0.2, -0.15) is 0 Å². The lowest BCUT2D eigenvalue weighted by molar-refractivity contribution is -0.225. The Morgan fingerprint density at radius 2 is 1.95 bits per heavy atom. The van der Waals surface area contributed by atoms with E-state index < -0.39 is 42.0 Å². The maximum atomic E-state index is 12.7. The minimum atomic E-state index is -1.02. The summed E-state index contributed by atoms with van der Waals surface area (Å²) in [7, 11) is 0. The lowest BCUT2D eigenvalue weighted by Crippen LogP contribution is -2.42. The zero-order valence-electron chi connectivity index (χ0n) is 21.7. The molecule has 202 valence electrons. The molecule has 1 aromatic heterocycles.